The van der Waals surface area contributed by atoms with E-state index in [9.17, 15) is 14.3 Å². The molecular weight excluding hydrogens is 493 g/mol. The van der Waals surface area contributed by atoms with Crippen LogP contribution in [0.1, 0.15) is 50.7 Å². The summed E-state index contributed by atoms with van der Waals surface area (Å²) in [5, 5.41) is 9.92. The van der Waals surface area contributed by atoms with Gasteiger partial charge < -0.3 is 19.6 Å². The Balaban J connectivity index is 1.43. The van der Waals surface area contributed by atoms with E-state index in [0.29, 0.717) is 13.0 Å². The maximum Gasteiger partial charge on any atom is 0.308 e. The monoisotopic (exact) mass is 531 g/mol. The highest BCUT2D eigenvalue weighted by atomic mass is 19.1. The van der Waals surface area contributed by atoms with E-state index in [1.165, 1.54) is 12.1 Å². The first kappa shape index (κ1) is 27.0. The average molecular weight is 532 g/mol. The zero-order valence-electron chi connectivity index (χ0n) is 23.0. The van der Waals surface area contributed by atoms with Crippen LogP contribution in [0.2, 0.25) is 0 Å². The van der Waals surface area contributed by atoms with Crippen LogP contribution in [0.3, 0.4) is 0 Å². The molecule has 39 heavy (non-hydrogen) atoms. The smallest absolute Gasteiger partial charge is 0.308 e. The van der Waals surface area contributed by atoms with Gasteiger partial charge in [-0.2, -0.15) is 0 Å². The Morgan fingerprint density at radius 1 is 0.974 bits per heavy atom. The number of hydrogen-bond donors (Lipinski definition) is 1. The first-order valence-electron chi connectivity index (χ1n) is 14.0. The second-order valence-electron chi connectivity index (χ2n) is 11.5. The molecule has 7 heteroatoms. The Labute approximate surface area is 230 Å². The molecule has 0 saturated carbocycles. The van der Waals surface area contributed by atoms with Crippen molar-refractivity contribution in [2.45, 2.75) is 52.4 Å². The fourth-order valence-corrected chi connectivity index (χ4v) is 5.63. The van der Waals surface area contributed by atoms with Crippen LogP contribution >= 0.6 is 0 Å². The number of ether oxygens (including phenoxy) is 1. The van der Waals surface area contributed by atoms with Crippen molar-refractivity contribution in [1.82, 2.24) is 4.98 Å². The average Bonchev–Trinajstić information content (AvgIpc) is 3.45. The molecule has 0 amide bonds. The number of benzene rings is 2. The molecular formula is C32H38FN3O3. The number of carbonyl (C=O) groups is 1. The van der Waals surface area contributed by atoms with Gasteiger partial charge in [0, 0.05) is 49.9 Å². The van der Waals surface area contributed by atoms with Gasteiger partial charge >= 0.3 is 5.97 Å². The lowest BCUT2D eigenvalue weighted by molar-refractivity contribution is -0.136. The van der Waals surface area contributed by atoms with E-state index in [1.807, 2.05) is 30.5 Å². The number of nitrogens with zero attached hydrogens (tertiary/aromatic N) is 3. The maximum absolute atomic E-state index is 13.2. The van der Waals surface area contributed by atoms with E-state index in [1.54, 1.807) is 12.1 Å². The SMILES string of the molecule is CC1(C)CCN(c2c(-c3ccc(OCCc4ccc(F)cc4)cc3)cnc(N3CCCC3)c2CC(=O)O)CC1. The largest absolute Gasteiger partial charge is 0.493 e. The van der Waals surface area contributed by atoms with Crippen molar-refractivity contribution in [3.63, 3.8) is 0 Å². The maximum atomic E-state index is 13.2. The summed E-state index contributed by atoms with van der Waals surface area (Å²) in [7, 11) is 0. The van der Waals surface area contributed by atoms with Crippen molar-refractivity contribution < 1.29 is 19.0 Å². The summed E-state index contributed by atoms with van der Waals surface area (Å²) in [6.07, 6.45) is 6.89. The number of piperidine rings is 1. The summed E-state index contributed by atoms with van der Waals surface area (Å²) in [6.45, 7) is 8.71. The molecule has 2 aliphatic rings. The first-order valence-corrected chi connectivity index (χ1v) is 14.0. The third-order valence-electron chi connectivity index (χ3n) is 8.03. The minimum Gasteiger partial charge on any atom is -0.493 e. The molecule has 2 aliphatic heterocycles. The van der Waals surface area contributed by atoms with Gasteiger partial charge in [-0.1, -0.05) is 38.1 Å². The quantitative estimate of drug-likeness (QED) is 0.347. The van der Waals surface area contributed by atoms with E-state index in [2.05, 4.69) is 23.6 Å². The normalized spacial score (nSPS) is 16.9. The Hall–Kier alpha value is -3.61. The van der Waals surface area contributed by atoms with Crippen LogP contribution in [0, 0.1) is 11.2 Å². The molecule has 0 aliphatic carbocycles. The molecule has 206 valence electrons. The summed E-state index contributed by atoms with van der Waals surface area (Å²) in [4.78, 5) is 21.6. The first-order chi connectivity index (χ1) is 18.8. The van der Waals surface area contributed by atoms with Crippen LogP contribution in [-0.2, 0) is 17.6 Å². The minimum atomic E-state index is -0.835. The fourth-order valence-electron chi connectivity index (χ4n) is 5.63. The van der Waals surface area contributed by atoms with E-state index in [4.69, 9.17) is 9.72 Å². The van der Waals surface area contributed by atoms with Crippen molar-refractivity contribution in [3.05, 3.63) is 71.7 Å². The molecule has 0 spiro atoms. The molecule has 2 fully saturated rings. The molecule has 6 nitrogen and oxygen atoms in total. The van der Waals surface area contributed by atoms with Crippen molar-refractivity contribution in [2.24, 2.45) is 5.41 Å². The minimum absolute atomic E-state index is 0.0491. The third kappa shape index (κ3) is 6.52. The van der Waals surface area contributed by atoms with E-state index < -0.39 is 5.97 Å². The number of carboxylic acids is 1. The summed E-state index contributed by atoms with van der Waals surface area (Å²) in [5.41, 5.74) is 5.09. The zero-order valence-corrected chi connectivity index (χ0v) is 23.0. The number of anilines is 2. The Morgan fingerprint density at radius 2 is 1.64 bits per heavy atom. The molecule has 1 N–H and O–H groups in total. The highest BCUT2D eigenvalue weighted by Crippen LogP contribution is 2.42. The van der Waals surface area contributed by atoms with Gasteiger partial charge in [0.2, 0.25) is 0 Å². The number of aromatic nitrogens is 1. The van der Waals surface area contributed by atoms with Crippen molar-refractivity contribution in [2.75, 3.05) is 42.6 Å². The number of rotatable bonds is 9. The number of pyridine rings is 1. The van der Waals surface area contributed by atoms with Gasteiger partial charge in [-0.05, 0) is 66.5 Å². The molecule has 5 rings (SSSR count). The summed E-state index contributed by atoms with van der Waals surface area (Å²) >= 11 is 0. The molecule has 2 aromatic carbocycles. The molecule has 0 atom stereocenters. The molecule has 0 unspecified atom stereocenters. The van der Waals surface area contributed by atoms with E-state index in [0.717, 1.165) is 91.4 Å². The lowest BCUT2D eigenvalue weighted by atomic mass is 9.82. The Morgan fingerprint density at radius 3 is 2.28 bits per heavy atom. The fraction of sp³-hybridized carbons (Fsp3) is 0.438. The van der Waals surface area contributed by atoms with Crippen LogP contribution in [0.4, 0.5) is 15.9 Å². The summed E-state index contributed by atoms with van der Waals surface area (Å²) < 4.78 is 19.1. The third-order valence-corrected chi connectivity index (χ3v) is 8.03. The second-order valence-corrected chi connectivity index (χ2v) is 11.5. The van der Waals surface area contributed by atoms with Crippen LogP contribution in [0.25, 0.3) is 11.1 Å². The second kappa shape index (κ2) is 11.6. The molecule has 3 heterocycles. The Bertz CT molecular complexity index is 1280. The molecule has 3 aromatic rings. The predicted octanol–water partition coefficient (Wildman–Crippen LogP) is 6.36. The van der Waals surface area contributed by atoms with Crippen molar-refractivity contribution in [3.8, 4) is 16.9 Å². The molecule has 2 saturated heterocycles. The number of hydrogen-bond acceptors (Lipinski definition) is 5. The highest BCUT2D eigenvalue weighted by molar-refractivity contribution is 5.87. The lowest BCUT2D eigenvalue weighted by Crippen LogP contribution is -2.38. The van der Waals surface area contributed by atoms with Crippen LogP contribution in [-0.4, -0.2) is 48.8 Å². The van der Waals surface area contributed by atoms with Gasteiger partial charge in [0.25, 0.3) is 0 Å². The standard InChI is InChI=1S/C32H38FN3O3/c1-32(2)14-18-35(19-15-32)30-27(21-29(37)38)31(36-16-3-4-17-36)34-22-28(30)24-7-11-26(12-8-24)39-20-13-23-5-9-25(33)10-6-23/h5-12,22H,3-4,13-21H2,1-2H3,(H,37,38). The topological polar surface area (TPSA) is 65.9 Å². The van der Waals surface area contributed by atoms with Gasteiger partial charge in [-0.3, -0.25) is 4.79 Å². The number of halogens is 1. The summed E-state index contributed by atoms with van der Waals surface area (Å²) in [6, 6.07) is 14.4. The predicted molar refractivity (Wildman–Crippen MR) is 153 cm³/mol. The van der Waals surface area contributed by atoms with Gasteiger partial charge in [-0.25, -0.2) is 9.37 Å². The van der Waals surface area contributed by atoms with Gasteiger partial charge in [0.05, 0.1) is 18.7 Å². The van der Waals surface area contributed by atoms with Gasteiger partial charge in [-0.15, -0.1) is 0 Å². The van der Waals surface area contributed by atoms with Gasteiger partial charge in [0.15, 0.2) is 0 Å². The molecule has 0 bridgehead atoms. The van der Waals surface area contributed by atoms with Crippen molar-refractivity contribution in [1.29, 1.82) is 0 Å². The van der Waals surface area contributed by atoms with Crippen LogP contribution in [0.5, 0.6) is 5.75 Å². The summed E-state index contributed by atoms with van der Waals surface area (Å²) in [5.74, 6) is 0.504. The van der Waals surface area contributed by atoms with E-state index in [-0.39, 0.29) is 17.7 Å². The van der Waals surface area contributed by atoms with Crippen molar-refractivity contribution >= 4 is 17.5 Å². The van der Waals surface area contributed by atoms with Crippen LogP contribution < -0.4 is 14.5 Å². The van der Waals surface area contributed by atoms with Crippen LogP contribution in [0.15, 0.2) is 54.7 Å². The number of carboxylic acid groups (broad SMARTS) is 1. The zero-order chi connectivity index (χ0) is 27.4. The highest BCUT2D eigenvalue weighted by Gasteiger charge is 2.31. The number of aliphatic carboxylic acids is 1. The van der Waals surface area contributed by atoms with E-state index >= 15 is 0 Å². The molecule has 1 aromatic heterocycles. The lowest BCUT2D eigenvalue weighted by Gasteiger charge is -2.40. The van der Waals surface area contributed by atoms with Gasteiger partial charge in [0.1, 0.15) is 17.4 Å². The Kier molecular flexibility index (Phi) is 8.05. The molecule has 0 radical (unpaired) electrons.